The van der Waals surface area contributed by atoms with Crippen molar-refractivity contribution in [2.24, 2.45) is 11.7 Å². The Labute approximate surface area is 152 Å². The largest absolute Gasteiger partial charge is 0.381 e. The molecule has 136 valence electrons. The van der Waals surface area contributed by atoms with Gasteiger partial charge in [-0.1, -0.05) is 18.2 Å². The Kier molecular flexibility index (Phi) is 5.99. The number of hydrogen-bond acceptors (Lipinski definition) is 4. The molecule has 2 aromatic carbocycles. The van der Waals surface area contributed by atoms with E-state index < -0.39 is 6.04 Å². The van der Waals surface area contributed by atoms with E-state index in [4.69, 9.17) is 10.5 Å². The number of rotatable bonds is 5. The molecule has 2 aromatic rings. The lowest BCUT2D eigenvalue weighted by molar-refractivity contribution is -0.119. The van der Waals surface area contributed by atoms with Gasteiger partial charge in [-0.2, -0.15) is 0 Å². The number of carbonyl (C=O) groups excluding carboxylic acids is 2. The Hall–Kier alpha value is -2.70. The summed E-state index contributed by atoms with van der Waals surface area (Å²) in [6, 6.07) is 15.4. The summed E-state index contributed by atoms with van der Waals surface area (Å²) in [6.07, 6.45) is 1.60. The summed E-state index contributed by atoms with van der Waals surface area (Å²) in [5.74, 6) is -0.272. The van der Waals surface area contributed by atoms with Crippen molar-refractivity contribution in [2.75, 3.05) is 23.8 Å². The summed E-state index contributed by atoms with van der Waals surface area (Å²) < 4.78 is 5.30. The van der Waals surface area contributed by atoms with Gasteiger partial charge in [0.05, 0.1) is 6.04 Å². The van der Waals surface area contributed by atoms with Crippen LogP contribution >= 0.6 is 0 Å². The highest BCUT2D eigenvalue weighted by molar-refractivity contribution is 6.04. The van der Waals surface area contributed by atoms with Gasteiger partial charge >= 0.3 is 0 Å². The molecule has 1 saturated heterocycles. The monoisotopic (exact) mass is 353 g/mol. The molecule has 0 radical (unpaired) electrons. The Balaban J connectivity index is 1.56. The molecule has 6 nitrogen and oxygen atoms in total. The van der Waals surface area contributed by atoms with E-state index in [2.05, 4.69) is 10.6 Å². The first kappa shape index (κ1) is 18.1. The minimum atomic E-state index is -0.556. The first-order chi connectivity index (χ1) is 12.6. The molecule has 4 N–H and O–H groups in total. The van der Waals surface area contributed by atoms with Crippen molar-refractivity contribution in [3.05, 3.63) is 60.2 Å². The minimum absolute atomic E-state index is 0.139. The fraction of sp³-hybridized carbons (Fsp3) is 0.300. The normalized spacial score (nSPS) is 15.9. The molecule has 0 aliphatic carbocycles. The number of nitrogens with two attached hydrogens (primary N) is 1. The molecular formula is C20H23N3O3. The lowest BCUT2D eigenvalue weighted by Crippen LogP contribution is -2.44. The van der Waals surface area contributed by atoms with Gasteiger partial charge in [-0.05, 0) is 55.2 Å². The smallest absolute Gasteiger partial charge is 0.255 e. The predicted molar refractivity (Wildman–Crippen MR) is 101 cm³/mol. The van der Waals surface area contributed by atoms with Gasteiger partial charge in [-0.3, -0.25) is 9.59 Å². The van der Waals surface area contributed by atoms with Crippen LogP contribution in [0.15, 0.2) is 54.6 Å². The van der Waals surface area contributed by atoms with Crippen LogP contribution in [0.3, 0.4) is 0 Å². The third-order valence-electron chi connectivity index (χ3n) is 4.52. The van der Waals surface area contributed by atoms with Crippen LogP contribution in [0.4, 0.5) is 11.4 Å². The van der Waals surface area contributed by atoms with Crippen molar-refractivity contribution < 1.29 is 14.3 Å². The summed E-state index contributed by atoms with van der Waals surface area (Å²) in [7, 11) is 0. The molecule has 3 rings (SSSR count). The van der Waals surface area contributed by atoms with E-state index in [1.165, 1.54) is 0 Å². The fourth-order valence-electron chi connectivity index (χ4n) is 2.94. The molecule has 6 heteroatoms. The van der Waals surface area contributed by atoms with Crippen molar-refractivity contribution in [1.82, 2.24) is 0 Å². The van der Waals surface area contributed by atoms with E-state index in [1.807, 2.05) is 30.3 Å². The average Bonchev–Trinajstić information content (AvgIpc) is 2.69. The van der Waals surface area contributed by atoms with E-state index >= 15 is 0 Å². The molecule has 0 aromatic heterocycles. The van der Waals surface area contributed by atoms with Crippen LogP contribution < -0.4 is 16.4 Å². The van der Waals surface area contributed by atoms with Gasteiger partial charge in [0.25, 0.3) is 5.91 Å². The highest BCUT2D eigenvalue weighted by Crippen LogP contribution is 2.19. The number of ether oxygens (including phenoxy) is 1. The van der Waals surface area contributed by atoms with Crippen LogP contribution in [0.2, 0.25) is 0 Å². The molecule has 2 amide bonds. The van der Waals surface area contributed by atoms with Crippen molar-refractivity contribution in [3.63, 3.8) is 0 Å². The molecule has 1 aliphatic rings. The maximum atomic E-state index is 12.3. The van der Waals surface area contributed by atoms with Crippen LogP contribution in [0.25, 0.3) is 0 Å². The average molecular weight is 353 g/mol. The zero-order valence-electron chi connectivity index (χ0n) is 14.5. The second-order valence-corrected chi connectivity index (χ2v) is 6.36. The second-order valence-electron chi connectivity index (χ2n) is 6.36. The van der Waals surface area contributed by atoms with E-state index in [1.54, 1.807) is 24.3 Å². The van der Waals surface area contributed by atoms with Gasteiger partial charge in [0.2, 0.25) is 5.91 Å². The first-order valence-electron chi connectivity index (χ1n) is 8.74. The number of amides is 2. The van der Waals surface area contributed by atoms with E-state index in [9.17, 15) is 9.59 Å². The third-order valence-corrected chi connectivity index (χ3v) is 4.52. The van der Waals surface area contributed by atoms with Crippen molar-refractivity contribution in [3.8, 4) is 0 Å². The predicted octanol–water partition coefficient (Wildman–Crippen LogP) is 2.63. The quantitative estimate of drug-likeness (QED) is 0.770. The zero-order valence-corrected chi connectivity index (χ0v) is 14.5. The SMILES string of the molecule is NC(C(=O)Nc1ccc(C(=O)Nc2ccccc2)cc1)C1CCOCC1. The van der Waals surface area contributed by atoms with Gasteiger partial charge < -0.3 is 21.1 Å². The number of hydrogen-bond donors (Lipinski definition) is 3. The van der Waals surface area contributed by atoms with E-state index in [0.717, 1.165) is 18.5 Å². The molecule has 1 unspecified atom stereocenters. The third kappa shape index (κ3) is 4.68. The molecule has 1 aliphatic heterocycles. The molecule has 1 heterocycles. The van der Waals surface area contributed by atoms with E-state index in [-0.39, 0.29) is 17.7 Å². The van der Waals surface area contributed by atoms with Crippen molar-refractivity contribution in [1.29, 1.82) is 0 Å². The lowest BCUT2D eigenvalue weighted by atomic mass is 9.92. The molecule has 1 fully saturated rings. The van der Waals surface area contributed by atoms with Gasteiger partial charge in [0.1, 0.15) is 0 Å². The van der Waals surface area contributed by atoms with Gasteiger partial charge in [-0.25, -0.2) is 0 Å². The highest BCUT2D eigenvalue weighted by Gasteiger charge is 2.26. The maximum Gasteiger partial charge on any atom is 0.255 e. The van der Waals surface area contributed by atoms with Gasteiger partial charge in [0.15, 0.2) is 0 Å². The Morgan fingerprint density at radius 2 is 1.54 bits per heavy atom. The molecular weight excluding hydrogens is 330 g/mol. The van der Waals surface area contributed by atoms with Gasteiger partial charge in [-0.15, -0.1) is 0 Å². The van der Waals surface area contributed by atoms with Crippen LogP contribution in [0.1, 0.15) is 23.2 Å². The second kappa shape index (κ2) is 8.60. The number of para-hydroxylation sites is 1. The van der Waals surface area contributed by atoms with Crippen LogP contribution in [0, 0.1) is 5.92 Å². The summed E-state index contributed by atoms with van der Waals surface area (Å²) >= 11 is 0. The first-order valence-corrected chi connectivity index (χ1v) is 8.74. The molecule has 0 spiro atoms. The summed E-state index contributed by atoms with van der Waals surface area (Å²) in [4.78, 5) is 24.5. The summed E-state index contributed by atoms with van der Waals surface area (Å²) in [6.45, 7) is 1.30. The zero-order chi connectivity index (χ0) is 18.4. The topological polar surface area (TPSA) is 93.5 Å². The van der Waals surface area contributed by atoms with Crippen LogP contribution in [-0.4, -0.2) is 31.1 Å². The Morgan fingerprint density at radius 3 is 2.19 bits per heavy atom. The number of carbonyl (C=O) groups is 2. The standard InChI is InChI=1S/C20H23N3O3/c21-18(14-10-12-26-13-11-14)20(25)23-17-8-6-15(7-9-17)19(24)22-16-4-2-1-3-5-16/h1-9,14,18H,10-13,21H2,(H,22,24)(H,23,25). The Morgan fingerprint density at radius 1 is 0.923 bits per heavy atom. The minimum Gasteiger partial charge on any atom is -0.381 e. The molecule has 0 bridgehead atoms. The highest BCUT2D eigenvalue weighted by atomic mass is 16.5. The summed E-state index contributed by atoms with van der Waals surface area (Å²) in [5, 5.41) is 5.64. The van der Waals surface area contributed by atoms with Gasteiger partial charge in [0, 0.05) is 30.2 Å². The van der Waals surface area contributed by atoms with E-state index in [0.29, 0.717) is 24.5 Å². The fourth-order valence-corrected chi connectivity index (χ4v) is 2.94. The van der Waals surface area contributed by atoms with Crippen molar-refractivity contribution in [2.45, 2.75) is 18.9 Å². The maximum absolute atomic E-state index is 12.3. The number of anilines is 2. The summed E-state index contributed by atoms with van der Waals surface area (Å²) in [5.41, 5.74) is 7.94. The molecule has 1 atom stereocenters. The van der Waals surface area contributed by atoms with Crippen LogP contribution in [0.5, 0.6) is 0 Å². The lowest BCUT2D eigenvalue weighted by Gasteiger charge is -2.26. The number of nitrogens with one attached hydrogen (secondary N) is 2. The molecule has 0 saturated carbocycles. The number of benzene rings is 2. The van der Waals surface area contributed by atoms with Crippen molar-refractivity contribution >= 4 is 23.2 Å². The molecule has 26 heavy (non-hydrogen) atoms. The van der Waals surface area contributed by atoms with Crippen LogP contribution in [-0.2, 0) is 9.53 Å². The Bertz CT molecular complexity index is 741.